The molecular formula is C16H24N4O2S. The standard InChI is InChI=1S/C16H24N4O2S/c1-2-13-11-23-15(18-13)12-5-3-7-19(9-12)14(21)10-20-8-4-6-17-16(20)22/h11-12H,2-10H2,1H3,(H,17,22). The first-order valence-electron chi connectivity index (χ1n) is 8.42. The first kappa shape index (κ1) is 16.2. The first-order chi connectivity index (χ1) is 11.2. The molecule has 1 aromatic heterocycles. The molecule has 2 aliphatic rings. The van der Waals surface area contributed by atoms with Crippen molar-refractivity contribution >= 4 is 23.3 Å². The van der Waals surface area contributed by atoms with Crippen LogP contribution >= 0.6 is 11.3 Å². The van der Waals surface area contributed by atoms with Crippen molar-refractivity contribution in [2.75, 3.05) is 32.7 Å². The molecule has 2 aliphatic heterocycles. The van der Waals surface area contributed by atoms with Crippen LogP contribution in [0.2, 0.25) is 0 Å². The van der Waals surface area contributed by atoms with E-state index >= 15 is 0 Å². The Morgan fingerprint density at radius 2 is 2.30 bits per heavy atom. The van der Waals surface area contributed by atoms with Crippen LogP contribution in [0.4, 0.5) is 4.79 Å². The van der Waals surface area contributed by atoms with Crippen molar-refractivity contribution in [3.05, 3.63) is 16.1 Å². The summed E-state index contributed by atoms with van der Waals surface area (Å²) in [4.78, 5) is 32.5. The Kier molecular flexibility index (Phi) is 5.15. The van der Waals surface area contributed by atoms with E-state index in [0.29, 0.717) is 19.0 Å². The zero-order valence-corrected chi connectivity index (χ0v) is 14.4. The molecule has 6 nitrogen and oxygen atoms in total. The van der Waals surface area contributed by atoms with E-state index in [1.165, 1.54) is 0 Å². The monoisotopic (exact) mass is 336 g/mol. The van der Waals surface area contributed by atoms with E-state index in [2.05, 4.69) is 22.6 Å². The van der Waals surface area contributed by atoms with Crippen molar-refractivity contribution in [1.82, 2.24) is 20.1 Å². The van der Waals surface area contributed by atoms with Crippen LogP contribution in [-0.2, 0) is 11.2 Å². The van der Waals surface area contributed by atoms with Gasteiger partial charge in [0.05, 0.1) is 10.7 Å². The van der Waals surface area contributed by atoms with Crippen molar-refractivity contribution in [2.45, 2.75) is 38.5 Å². The summed E-state index contributed by atoms with van der Waals surface area (Å²) in [5.41, 5.74) is 1.14. The van der Waals surface area contributed by atoms with E-state index < -0.39 is 0 Å². The van der Waals surface area contributed by atoms with E-state index in [4.69, 9.17) is 0 Å². The highest BCUT2D eigenvalue weighted by Gasteiger charge is 2.29. The van der Waals surface area contributed by atoms with Gasteiger partial charge in [-0.05, 0) is 25.7 Å². The highest BCUT2D eigenvalue weighted by molar-refractivity contribution is 7.09. The van der Waals surface area contributed by atoms with Gasteiger partial charge in [-0.3, -0.25) is 4.79 Å². The lowest BCUT2D eigenvalue weighted by Gasteiger charge is -2.34. The lowest BCUT2D eigenvalue weighted by atomic mass is 9.98. The second-order valence-corrected chi connectivity index (χ2v) is 7.11. The second-order valence-electron chi connectivity index (χ2n) is 6.22. The Labute approximate surface area is 140 Å². The van der Waals surface area contributed by atoms with Gasteiger partial charge >= 0.3 is 6.03 Å². The van der Waals surface area contributed by atoms with Gasteiger partial charge in [-0.2, -0.15) is 0 Å². The summed E-state index contributed by atoms with van der Waals surface area (Å²) in [6.07, 6.45) is 3.95. The van der Waals surface area contributed by atoms with Crippen molar-refractivity contribution in [1.29, 1.82) is 0 Å². The number of likely N-dealkylation sites (tertiary alicyclic amines) is 1. The normalized spacial score (nSPS) is 22.1. The number of amides is 3. The zero-order chi connectivity index (χ0) is 16.2. The van der Waals surface area contributed by atoms with Crippen LogP contribution in [-0.4, -0.2) is 59.4 Å². The maximum Gasteiger partial charge on any atom is 0.317 e. The smallest absolute Gasteiger partial charge is 0.317 e. The van der Waals surface area contributed by atoms with Crippen LogP contribution in [0.3, 0.4) is 0 Å². The predicted molar refractivity (Wildman–Crippen MR) is 89.6 cm³/mol. The number of piperidine rings is 1. The highest BCUT2D eigenvalue weighted by Crippen LogP contribution is 2.29. The third kappa shape index (κ3) is 3.83. The maximum absolute atomic E-state index is 12.5. The van der Waals surface area contributed by atoms with E-state index in [0.717, 1.165) is 49.5 Å². The molecule has 2 saturated heterocycles. The van der Waals surface area contributed by atoms with E-state index in [9.17, 15) is 9.59 Å². The molecule has 1 aromatic rings. The number of carbonyl (C=O) groups excluding carboxylic acids is 2. The Hall–Kier alpha value is -1.63. The van der Waals surface area contributed by atoms with Crippen LogP contribution in [0.15, 0.2) is 5.38 Å². The van der Waals surface area contributed by atoms with Crippen LogP contribution in [0.1, 0.15) is 42.8 Å². The fourth-order valence-corrected chi connectivity index (χ4v) is 4.20. The van der Waals surface area contributed by atoms with Crippen LogP contribution in [0.5, 0.6) is 0 Å². The number of nitrogens with zero attached hydrogens (tertiary/aromatic N) is 3. The van der Waals surface area contributed by atoms with Crippen molar-refractivity contribution in [3.8, 4) is 0 Å². The molecule has 2 fully saturated rings. The van der Waals surface area contributed by atoms with Gasteiger partial charge in [0.25, 0.3) is 0 Å². The Morgan fingerprint density at radius 3 is 3.04 bits per heavy atom. The summed E-state index contributed by atoms with van der Waals surface area (Å²) in [5, 5.41) is 6.06. The number of urea groups is 1. The number of nitrogens with one attached hydrogen (secondary N) is 1. The van der Waals surface area contributed by atoms with Crippen molar-refractivity contribution < 1.29 is 9.59 Å². The highest BCUT2D eigenvalue weighted by atomic mass is 32.1. The largest absolute Gasteiger partial charge is 0.340 e. The fraction of sp³-hybridized carbons (Fsp3) is 0.688. The fourth-order valence-electron chi connectivity index (χ4n) is 3.17. The van der Waals surface area contributed by atoms with Gasteiger partial charge in [0.2, 0.25) is 5.91 Å². The molecule has 3 rings (SSSR count). The maximum atomic E-state index is 12.5. The summed E-state index contributed by atoms with van der Waals surface area (Å²) >= 11 is 1.71. The van der Waals surface area contributed by atoms with Crippen molar-refractivity contribution in [3.63, 3.8) is 0 Å². The van der Waals surface area contributed by atoms with Crippen LogP contribution in [0.25, 0.3) is 0 Å². The molecule has 0 radical (unpaired) electrons. The lowest BCUT2D eigenvalue weighted by Crippen LogP contribution is -2.51. The van der Waals surface area contributed by atoms with E-state index in [1.54, 1.807) is 16.2 Å². The molecule has 0 aromatic carbocycles. The van der Waals surface area contributed by atoms with Crippen LogP contribution in [0, 0.1) is 0 Å². The van der Waals surface area contributed by atoms with Gasteiger partial charge in [0.1, 0.15) is 6.54 Å². The summed E-state index contributed by atoms with van der Waals surface area (Å²) in [6.45, 7) is 5.19. The zero-order valence-electron chi connectivity index (χ0n) is 13.6. The molecule has 7 heteroatoms. The molecule has 0 spiro atoms. The minimum absolute atomic E-state index is 0.0546. The van der Waals surface area contributed by atoms with Gasteiger partial charge in [0, 0.05) is 37.5 Å². The number of hydrogen-bond acceptors (Lipinski definition) is 4. The average Bonchev–Trinajstić information content (AvgIpc) is 3.06. The number of aryl methyl sites for hydroxylation is 1. The second kappa shape index (κ2) is 7.29. The Bertz CT molecular complexity index is 574. The molecule has 23 heavy (non-hydrogen) atoms. The average molecular weight is 336 g/mol. The van der Waals surface area contributed by atoms with E-state index in [-0.39, 0.29) is 18.5 Å². The van der Waals surface area contributed by atoms with Gasteiger partial charge in [-0.15, -0.1) is 11.3 Å². The quantitative estimate of drug-likeness (QED) is 0.912. The summed E-state index contributed by atoms with van der Waals surface area (Å²) in [6, 6.07) is -0.120. The van der Waals surface area contributed by atoms with Gasteiger partial charge in [-0.25, -0.2) is 9.78 Å². The minimum Gasteiger partial charge on any atom is -0.340 e. The Balaban J connectivity index is 1.59. The first-order valence-corrected chi connectivity index (χ1v) is 9.30. The minimum atomic E-state index is -0.120. The van der Waals surface area contributed by atoms with Gasteiger partial charge in [0.15, 0.2) is 0 Å². The predicted octanol–water partition coefficient (Wildman–Crippen LogP) is 1.83. The van der Waals surface area contributed by atoms with Gasteiger partial charge < -0.3 is 15.1 Å². The molecule has 3 amide bonds. The molecule has 0 bridgehead atoms. The number of carbonyl (C=O) groups is 2. The Morgan fingerprint density at radius 1 is 1.43 bits per heavy atom. The number of thiazole rings is 1. The number of hydrogen-bond donors (Lipinski definition) is 1. The molecule has 0 saturated carbocycles. The molecule has 1 N–H and O–H groups in total. The van der Waals surface area contributed by atoms with Crippen molar-refractivity contribution in [2.24, 2.45) is 0 Å². The molecule has 126 valence electrons. The lowest BCUT2D eigenvalue weighted by molar-refractivity contribution is -0.133. The molecule has 0 aliphatic carbocycles. The molecule has 3 heterocycles. The molecule has 1 unspecified atom stereocenters. The molecular weight excluding hydrogens is 312 g/mol. The summed E-state index contributed by atoms with van der Waals surface area (Å²) in [7, 11) is 0. The van der Waals surface area contributed by atoms with Gasteiger partial charge in [-0.1, -0.05) is 6.92 Å². The topological polar surface area (TPSA) is 65.5 Å². The molecule has 1 atom stereocenters. The number of aromatic nitrogens is 1. The summed E-state index contributed by atoms with van der Waals surface area (Å²) < 4.78 is 0. The van der Waals surface area contributed by atoms with Crippen LogP contribution < -0.4 is 5.32 Å². The van der Waals surface area contributed by atoms with E-state index in [1.807, 2.05) is 4.90 Å². The SMILES string of the molecule is CCc1csc(C2CCCN(C(=O)CN3CCCNC3=O)C2)n1. The summed E-state index contributed by atoms with van der Waals surface area (Å²) in [5.74, 6) is 0.396. The third-order valence-electron chi connectivity index (χ3n) is 4.55. The number of rotatable bonds is 4. The third-order valence-corrected chi connectivity index (χ3v) is 5.61.